The number of hydrogen-bond donors (Lipinski definition) is 0. The summed E-state index contributed by atoms with van der Waals surface area (Å²) in [6.45, 7) is 0.500. The third-order valence-electron chi connectivity index (χ3n) is 6.79. The fraction of sp³-hybridized carbons (Fsp3) is 0.462. The van der Waals surface area contributed by atoms with Crippen molar-refractivity contribution >= 4 is 11.9 Å². The fourth-order valence-electron chi connectivity index (χ4n) is 4.65. The van der Waals surface area contributed by atoms with Crippen molar-refractivity contribution in [1.29, 1.82) is 0 Å². The van der Waals surface area contributed by atoms with E-state index in [4.69, 9.17) is 23.7 Å². The Labute approximate surface area is 192 Å². The van der Waals surface area contributed by atoms with E-state index in [1.807, 2.05) is 24.3 Å². The van der Waals surface area contributed by atoms with Gasteiger partial charge in [-0.1, -0.05) is 18.9 Å². The Hall–Kier alpha value is -3.22. The van der Waals surface area contributed by atoms with Gasteiger partial charge >= 0.3 is 11.9 Å². The molecule has 5 rings (SSSR count). The maximum absolute atomic E-state index is 12.6. The molecule has 2 fully saturated rings. The smallest absolute Gasteiger partial charge is 0.338 e. The Bertz CT molecular complexity index is 1080. The van der Waals surface area contributed by atoms with E-state index in [2.05, 4.69) is 0 Å². The number of rotatable bonds is 8. The molecule has 174 valence electrons. The molecule has 0 amide bonds. The molecule has 0 bridgehead atoms. The Morgan fingerprint density at radius 3 is 2.48 bits per heavy atom. The summed E-state index contributed by atoms with van der Waals surface area (Å²) in [6, 6.07) is 9.29. The van der Waals surface area contributed by atoms with Crippen LogP contribution in [0.1, 0.15) is 54.4 Å². The van der Waals surface area contributed by atoms with Crippen molar-refractivity contribution in [2.45, 2.75) is 50.7 Å². The van der Waals surface area contributed by atoms with Crippen LogP contribution in [-0.2, 0) is 20.9 Å². The second kappa shape index (κ2) is 8.61. The highest BCUT2D eigenvalue weighted by Crippen LogP contribution is 2.48. The molecule has 0 aromatic heterocycles. The van der Waals surface area contributed by atoms with Crippen LogP contribution >= 0.6 is 0 Å². The molecule has 3 aliphatic rings. The first kappa shape index (κ1) is 21.6. The van der Waals surface area contributed by atoms with Crippen LogP contribution in [0.15, 0.2) is 30.3 Å². The van der Waals surface area contributed by atoms with Crippen molar-refractivity contribution in [1.82, 2.24) is 0 Å². The molecule has 2 aliphatic carbocycles. The number of hydrogen-bond acceptors (Lipinski definition) is 7. The highest BCUT2D eigenvalue weighted by Gasteiger charge is 2.49. The molecule has 1 heterocycles. The van der Waals surface area contributed by atoms with Crippen molar-refractivity contribution in [3.05, 3.63) is 41.5 Å². The Balaban J connectivity index is 1.42. The summed E-state index contributed by atoms with van der Waals surface area (Å²) >= 11 is 0. The van der Waals surface area contributed by atoms with E-state index in [0.29, 0.717) is 22.8 Å². The number of esters is 2. The van der Waals surface area contributed by atoms with E-state index < -0.39 is 5.60 Å². The van der Waals surface area contributed by atoms with Crippen LogP contribution in [0.25, 0.3) is 11.1 Å². The van der Waals surface area contributed by atoms with E-state index in [9.17, 15) is 9.59 Å². The lowest BCUT2D eigenvalue weighted by Crippen LogP contribution is -2.30. The molecular formula is C26H28O7. The summed E-state index contributed by atoms with van der Waals surface area (Å²) in [5, 5.41) is 0. The zero-order chi connectivity index (χ0) is 23.0. The number of carbonyl (C=O) groups excluding carboxylic acids is 2. The van der Waals surface area contributed by atoms with Gasteiger partial charge in [-0.2, -0.15) is 0 Å². The van der Waals surface area contributed by atoms with E-state index in [1.54, 1.807) is 20.3 Å². The Morgan fingerprint density at radius 1 is 1.03 bits per heavy atom. The molecule has 0 atom stereocenters. The van der Waals surface area contributed by atoms with Gasteiger partial charge in [-0.3, -0.25) is 4.79 Å². The van der Waals surface area contributed by atoms with Gasteiger partial charge in [-0.15, -0.1) is 0 Å². The summed E-state index contributed by atoms with van der Waals surface area (Å²) in [5.41, 5.74) is 2.51. The quantitative estimate of drug-likeness (QED) is 0.538. The zero-order valence-electron chi connectivity index (χ0n) is 19.0. The normalized spacial score (nSPS) is 18.4. The number of cyclic esters (lactones) is 1. The minimum atomic E-state index is -0.580. The average molecular weight is 453 g/mol. The molecule has 1 aliphatic heterocycles. The zero-order valence-corrected chi connectivity index (χ0v) is 19.0. The van der Waals surface area contributed by atoms with Gasteiger partial charge < -0.3 is 23.7 Å². The molecule has 0 N–H and O–H groups in total. The van der Waals surface area contributed by atoms with Crippen LogP contribution in [0, 0.1) is 5.92 Å². The SMILES string of the molecule is COc1ccc(-c2ccc3c(c2)COC3=O)c(OCC2(OC(=O)C3CCCC3)CC2)c1OC. The van der Waals surface area contributed by atoms with Crippen LogP contribution < -0.4 is 14.2 Å². The van der Waals surface area contributed by atoms with Gasteiger partial charge in [0.1, 0.15) is 18.8 Å². The van der Waals surface area contributed by atoms with E-state index in [-0.39, 0.29) is 31.1 Å². The molecule has 7 heteroatoms. The largest absolute Gasteiger partial charge is 0.493 e. The second-order valence-corrected chi connectivity index (χ2v) is 9.00. The highest BCUT2D eigenvalue weighted by atomic mass is 16.6. The summed E-state index contributed by atoms with van der Waals surface area (Å²) in [6.07, 6.45) is 5.56. The number of methoxy groups -OCH3 is 2. The molecule has 2 aromatic carbocycles. The predicted octanol–water partition coefficient (Wildman–Crippen LogP) is 4.69. The van der Waals surface area contributed by atoms with Crippen molar-refractivity contribution in [3.8, 4) is 28.4 Å². The van der Waals surface area contributed by atoms with E-state index in [1.165, 1.54) is 0 Å². The lowest BCUT2D eigenvalue weighted by Gasteiger charge is -2.22. The third kappa shape index (κ3) is 4.12. The van der Waals surface area contributed by atoms with Crippen LogP contribution in [0.4, 0.5) is 0 Å². The number of ether oxygens (including phenoxy) is 5. The molecular weight excluding hydrogens is 424 g/mol. The van der Waals surface area contributed by atoms with Gasteiger partial charge in [0, 0.05) is 11.1 Å². The van der Waals surface area contributed by atoms with Gasteiger partial charge in [0.15, 0.2) is 11.5 Å². The summed E-state index contributed by atoms with van der Waals surface area (Å²) in [5.74, 6) is 1.14. The van der Waals surface area contributed by atoms with E-state index in [0.717, 1.165) is 55.2 Å². The molecule has 2 aromatic rings. The summed E-state index contributed by atoms with van der Waals surface area (Å²) in [7, 11) is 3.14. The van der Waals surface area contributed by atoms with Crippen LogP contribution in [0.2, 0.25) is 0 Å². The van der Waals surface area contributed by atoms with Crippen molar-refractivity contribution < 1.29 is 33.3 Å². The van der Waals surface area contributed by atoms with Crippen LogP contribution in [-0.4, -0.2) is 38.4 Å². The maximum Gasteiger partial charge on any atom is 0.338 e. The summed E-state index contributed by atoms with van der Waals surface area (Å²) in [4.78, 5) is 24.4. The minimum absolute atomic E-state index is 0.0146. The number of benzene rings is 2. The molecule has 33 heavy (non-hydrogen) atoms. The molecule has 0 radical (unpaired) electrons. The minimum Gasteiger partial charge on any atom is -0.493 e. The van der Waals surface area contributed by atoms with E-state index >= 15 is 0 Å². The lowest BCUT2D eigenvalue weighted by atomic mass is 9.99. The Kier molecular flexibility index (Phi) is 5.64. The highest BCUT2D eigenvalue weighted by molar-refractivity contribution is 5.94. The molecule has 0 saturated heterocycles. The standard InChI is InChI=1S/C26H28O7/c1-29-21-10-9-19(17-7-8-20-18(13-17)14-31-25(20)28)22(23(21)30-2)32-15-26(11-12-26)33-24(27)16-5-3-4-6-16/h7-10,13,16H,3-6,11-12,14-15H2,1-2H3. The molecule has 7 nitrogen and oxygen atoms in total. The van der Waals surface area contributed by atoms with Crippen LogP contribution in [0.3, 0.4) is 0 Å². The molecule has 0 spiro atoms. The van der Waals surface area contributed by atoms with Crippen molar-refractivity contribution in [2.75, 3.05) is 20.8 Å². The fourth-order valence-corrected chi connectivity index (χ4v) is 4.65. The maximum atomic E-state index is 12.6. The van der Waals surface area contributed by atoms with Crippen molar-refractivity contribution in [2.24, 2.45) is 5.92 Å². The van der Waals surface area contributed by atoms with Gasteiger partial charge in [-0.05, 0) is 55.5 Å². The average Bonchev–Trinajstić information content (AvgIpc) is 3.22. The first-order valence-electron chi connectivity index (χ1n) is 11.4. The first-order chi connectivity index (χ1) is 16.0. The lowest BCUT2D eigenvalue weighted by molar-refractivity contribution is -0.157. The first-order valence-corrected chi connectivity index (χ1v) is 11.4. The number of carbonyl (C=O) groups is 2. The monoisotopic (exact) mass is 452 g/mol. The summed E-state index contributed by atoms with van der Waals surface area (Å²) < 4.78 is 28.5. The molecule has 2 saturated carbocycles. The topological polar surface area (TPSA) is 80.3 Å². The number of fused-ring (bicyclic) bond motifs is 1. The van der Waals surface area contributed by atoms with Crippen molar-refractivity contribution in [3.63, 3.8) is 0 Å². The van der Waals surface area contributed by atoms with Gasteiger partial charge in [0.2, 0.25) is 5.75 Å². The van der Waals surface area contributed by atoms with Gasteiger partial charge in [0.05, 0.1) is 25.7 Å². The molecule has 0 unspecified atom stereocenters. The second-order valence-electron chi connectivity index (χ2n) is 9.00. The van der Waals surface area contributed by atoms with Crippen LogP contribution in [0.5, 0.6) is 17.2 Å². The van der Waals surface area contributed by atoms with Gasteiger partial charge in [0.25, 0.3) is 0 Å². The predicted molar refractivity (Wildman–Crippen MR) is 120 cm³/mol. The Morgan fingerprint density at radius 2 is 1.79 bits per heavy atom. The third-order valence-corrected chi connectivity index (χ3v) is 6.79. The van der Waals surface area contributed by atoms with Gasteiger partial charge in [-0.25, -0.2) is 4.79 Å².